The molecule has 0 aromatic heterocycles. The number of nitrogens with one attached hydrogen (secondary N) is 1. The van der Waals surface area contributed by atoms with Crippen LogP contribution in [-0.4, -0.2) is 57.1 Å². The fraction of sp³-hybridized carbons (Fsp3) is 0.818. The zero-order valence-corrected chi connectivity index (χ0v) is 15.0. The first kappa shape index (κ1) is 23.5. The molecule has 0 radical (unpaired) electrons. The smallest absolute Gasteiger partial charge is 0.239 e. The number of rotatable bonds is 6. The first-order valence-electron chi connectivity index (χ1n) is 6.61. The van der Waals surface area contributed by atoms with Crippen LogP contribution in [0.4, 0.5) is 0 Å². The van der Waals surface area contributed by atoms with Crippen LogP contribution < -0.4 is 16.2 Å². The van der Waals surface area contributed by atoms with Crippen LogP contribution in [0.1, 0.15) is 25.7 Å². The van der Waals surface area contributed by atoms with Gasteiger partial charge in [0, 0.05) is 19.6 Å². The third kappa shape index (κ3) is 9.29. The van der Waals surface area contributed by atoms with Gasteiger partial charge in [-0.3, -0.25) is 14.5 Å². The summed E-state index contributed by atoms with van der Waals surface area (Å²) in [5.74, 6) is -0.166. The maximum absolute atomic E-state index is 11.9. The second-order valence-electron chi connectivity index (χ2n) is 4.92. The summed E-state index contributed by atoms with van der Waals surface area (Å²) in [6, 6.07) is -0.521. The molecule has 0 unspecified atom stereocenters. The van der Waals surface area contributed by atoms with Gasteiger partial charge in [0.2, 0.25) is 21.9 Å². The van der Waals surface area contributed by atoms with Crippen molar-refractivity contribution in [1.29, 1.82) is 0 Å². The molecule has 0 spiro atoms. The summed E-state index contributed by atoms with van der Waals surface area (Å²) in [5.41, 5.74) is 11.2. The van der Waals surface area contributed by atoms with Crippen molar-refractivity contribution in [1.82, 2.24) is 9.62 Å². The molecule has 0 saturated carbocycles. The van der Waals surface area contributed by atoms with Crippen molar-refractivity contribution in [3.8, 4) is 0 Å². The molecule has 1 rings (SSSR count). The van der Waals surface area contributed by atoms with E-state index < -0.39 is 16.1 Å². The molecule has 1 amide bonds. The molecule has 0 aliphatic carbocycles. The summed E-state index contributed by atoms with van der Waals surface area (Å²) in [5, 5.41) is 0. The maximum atomic E-state index is 11.9. The highest BCUT2D eigenvalue weighted by Crippen LogP contribution is 2.10. The number of hydrogen-bond acceptors (Lipinski definition) is 5. The van der Waals surface area contributed by atoms with Crippen molar-refractivity contribution < 1.29 is 13.2 Å². The molecule has 11 heteroatoms. The fourth-order valence-corrected chi connectivity index (χ4v) is 2.47. The van der Waals surface area contributed by atoms with Crippen LogP contribution >= 0.6 is 24.8 Å². The number of aliphatic imine (C=N–C) groups is 1. The lowest BCUT2D eigenvalue weighted by atomic mass is 10.1. The van der Waals surface area contributed by atoms with Gasteiger partial charge >= 0.3 is 0 Å². The average Bonchev–Trinajstić information content (AvgIpc) is 2.84. The van der Waals surface area contributed by atoms with Gasteiger partial charge in [-0.1, -0.05) is 0 Å². The Labute approximate surface area is 143 Å². The van der Waals surface area contributed by atoms with E-state index >= 15 is 0 Å². The highest BCUT2D eigenvalue weighted by Gasteiger charge is 2.22. The second-order valence-corrected chi connectivity index (χ2v) is 6.67. The van der Waals surface area contributed by atoms with Crippen molar-refractivity contribution in [3.05, 3.63) is 0 Å². The summed E-state index contributed by atoms with van der Waals surface area (Å²) in [6.07, 6.45) is 4.16. The number of amides is 1. The van der Waals surface area contributed by atoms with Crippen LogP contribution in [0.2, 0.25) is 0 Å². The molecule has 132 valence electrons. The number of nitrogens with two attached hydrogens (primary N) is 2. The lowest BCUT2D eigenvalue weighted by Gasteiger charge is -2.19. The van der Waals surface area contributed by atoms with E-state index in [4.69, 9.17) is 11.5 Å². The van der Waals surface area contributed by atoms with E-state index in [0.717, 1.165) is 32.2 Å². The molecule has 1 fully saturated rings. The van der Waals surface area contributed by atoms with Gasteiger partial charge in [-0.25, -0.2) is 8.42 Å². The Balaban J connectivity index is 0. The average molecular weight is 378 g/mol. The molecule has 22 heavy (non-hydrogen) atoms. The highest BCUT2D eigenvalue weighted by molar-refractivity contribution is 7.89. The van der Waals surface area contributed by atoms with E-state index in [-0.39, 0.29) is 36.7 Å². The summed E-state index contributed by atoms with van der Waals surface area (Å²) >= 11 is 0. The lowest BCUT2D eigenvalue weighted by molar-refractivity contribution is -0.131. The number of carbonyl (C=O) groups excluding carboxylic acids is 1. The largest absolute Gasteiger partial charge is 0.369 e. The zero-order chi connectivity index (χ0) is 15.2. The van der Waals surface area contributed by atoms with Crippen molar-refractivity contribution in [3.63, 3.8) is 0 Å². The quantitative estimate of drug-likeness (QED) is 0.323. The highest BCUT2D eigenvalue weighted by atomic mass is 35.5. The Hall–Kier alpha value is -0.770. The van der Waals surface area contributed by atoms with Crippen molar-refractivity contribution in [2.75, 3.05) is 25.9 Å². The summed E-state index contributed by atoms with van der Waals surface area (Å²) in [4.78, 5) is 17.6. The SMILES string of the molecule is CS(=O)(=O)NC(N)=NCCC[C@@H](N)C(=O)N1CCCC1.Cl.Cl. The Morgan fingerprint density at radius 3 is 2.36 bits per heavy atom. The van der Waals surface area contributed by atoms with Crippen LogP contribution in [0.3, 0.4) is 0 Å². The first-order valence-corrected chi connectivity index (χ1v) is 8.51. The minimum atomic E-state index is -3.39. The van der Waals surface area contributed by atoms with Gasteiger partial charge in [0.15, 0.2) is 0 Å². The van der Waals surface area contributed by atoms with E-state index in [1.807, 2.05) is 0 Å². The van der Waals surface area contributed by atoms with E-state index in [9.17, 15) is 13.2 Å². The second kappa shape index (κ2) is 10.9. The molecule has 0 bridgehead atoms. The number of halogens is 2. The van der Waals surface area contributed by atoms with E-state index in [0.29, 0.717) is 19.4 Å². The molecule has 1 aliphatic rings. The van der Waals surface area contributed by atoms with E-state index in [1.54, 1.807) is 4.90 Å². The normalized spacial score (nSPS) is 16.5. The molecule has 0 aromatic carbocycles. The third-order valence-corrected chi connectivity index (χ3v) is 3.56. The minimum Gasteiger partial charge on any atom is -0.369 e. The molecular weight excluding hydrogens is 353 g/mol. The van der Waals surface area contributed by atoms with E-state index in [1.165, 1.54) is 0 Å². The van der Waals surface area contributed by atoms with Gasteiger partial charge in [0.1, 0.15) is 0 Å². The van der Waals surface area contributed by atoms with Gasteiger partial charge in [-0.05, 0) is 25.7 Å². The first-order chi connectivity index (χ1) is 9.29. The van der Waals surface area contributed by atoms with Crippen LogP contribution in [0.25, 0.3) is 0 Å². The summed E-state index contributed by atoms with van der Waals surface area (Å²) in [7, 11) is -3.39. The van der Waals surface area contributed by atoms with Crippen LogP contribution in [0.5, 0.6) is 0 Å². The van der Waals surface area contributed by atoms with E-state index in [2.05, 4.69) is 9.71 Å². The number of sulfonamides is 1. The molecule has 1 saturated heterocycles. The van der Waals surface area contributed by atoms with Gasteiger partial charge in [-0.15, -0.1) is 24.8 Å². The van der Waals surface area contributed by atoms with Crippen molar-refractivity contribution in [2.45, 2.75) is 31.7 Å². The third-order valence-electron chi connectivity index (χ3n) is 2.98. The minimum absolute atomic E-state index is 0. The summed E-state index contributed by atoms with van der Waals surface area (Å²) in [6.45, 7) is 1.90. The Morgan fingerprint density at radius 2 is 1.86 bits per heavy atom. The molecule has 1 atom stereocenters. The zero-order valence-electron chi connectivity index (χ0n) is 12.5. The Kier molecular flexibility index (Phi) is 11.6. The molecule has 8 nitrogen and oxygen atoms in total. The van der Waals surface area contributed by atoms with Crippen LogP contribution in [0, 0.1) is 0 Å². The summed E-state index contributed by atoms with van der Waals surface area (Å²) < 4.78 is 23.8. The van der Waals surface area contributed by atoms with Crippen molar-refractivity contribution >= 4 is 46.7 Å². The number of guanidine groups is 1. The van der Waals surface area contributed by atoms with Crippen LogP contribution in [-0.2, 0) is 14.8 Å². The van der Waals surface area contributed by atoms with Crippen molar-refractivity contribution in [2.24, 2.45) is 16.5 Å². The maximum Gasteiger partial charge on any atom is 0.239 e. The number of hydrogen-bond donors (Lipinski definition) is 3. The topological polar surface area (TPSA) is 131 Å². The molecule has 1 heterocycles. The molecule has 0 aromatic rings. The Bertz CT molecular complexity index is 466. The molecular formula is C11H25Cl2N5O3S. The number of nitrogens with zero attached hydrogens (tertiary/aromatic N) is 2. The lowest BCUT2D eigenvalue weighted by Crippen LogP contribution is -2.42. The Morgan fingerprint density at radius 1 is 1.32 bits per heavy atom. The molecule has 1 aliphatic heterocycles. The molecule has 5 N–H and O–H groups in total. The predicted molar refractivity (Wildman–Crippen MR) is 92.0 cm³/mol. The fourth-order valence-electron chi connectivity index (χ4n) is 2.03. The van der Waals surface area contributed by atoms with Gasteiger partial charge in [0.05, 0.1) is 12.3 Å². The standard InChI is InChI=1S/C11H23N5O3S.2ClH/c1-20(18,19)15-11(13)14-6-4-5-9(12)10(17)16-7-2-3-8-16;;/h9H,2-8,12H2,1H3,(H3,13,14,15);2*1H/t9-;;/m1../s1. The van der Waals surface area contributed by atoms with Crippen LogP contribution in [0.15, 0.2) is 4.99 Å². The van der Waals surface area contributed by atoms with Gasteiger partial charge in [0.25, 0.3) is 0 Å². The number of likely N-dealkylation sites (tertiary alicyclic amines) is 1. The van der Waals surface area contributed by atoms with Gasteiger partial charge in [-0.2, -0.15) is 0 Å². The monoisotopic (exact) mass is 377 g/mol. The predicted octanol–water partition coefficient (Wildman–Crippen LogP) is -0.576. The number of carbonyl (C=O) groups is 1. The van der Waals surface area contributed by atoms with Gasteiger partial charge < -0.3 is 16.4 Å².